The molecule has 0 aromatic heterocycles. The van der Waals surface area contributed by atoms with Crippen molar-refractivity contribution in [2.24, 2.45) is 11.8 Å². The van der Waals surface area contributed by atoms with Gasteiger partial charge in [0.2, 0.25) is 0 Å². The van der Waals surface area contributed by atoms with Gasteiger partial charge in [0.25, 0.3) is 0 Å². The fourth-order valence-corrected chi connectivity index (χ4v) is 4.41. The molecular weight excluding hydrogens is 246 g/mol. The molecule has 1 saturated carbocycles. The molecule has 2 nitrogen and oxygen atoms in total. The van der Waals surface area contributed by atoms with E-state index >= 15 is 0 Å². The summed E-state index contributed by atoms with van der Waals surface area (Å²) in [6, 6.07) is 0.288. The van der Waals surface area contributed by atoms with Crippen LogP contribution in [0.2, 0.25) is 0 Å². The summed E-state index contributed by atoms with van der Waals surface area (Å²) >= 11 is 0. The average molecular weight is 279 g/mol. The van der Waals surface area contributed by atoms with Crippen LogP contribution in [0.25, 0.3) is 0 Å². The van der Waals surface area contributed by atoms with E-state index in [1.165, 1.54) is 70.9 Å². The molecule has 3 atom stereocenters. The summed E-state index contributed by atoms with van der Waals surface area (Å²) in [6.07, 6.45) is 12.6. The number of rotatable bonds is 8. The smallest absolute Gasteiger partial charge is 0.150 e. The molecule has 2 rings (SSSR count). The van der Waals surface area contributed by atoms with Gasteiger partial charge in [-0.3, -0.25) is 9.69 Å². The summed E-state index contributed by atoms with van der Waals surface area (Å²) in [5, 5.41) is 0. The number of Topliss-reactive ketones (excluding diaryl/α,β-unsaturated/α-hetero) is 1. The van der Waals surface area contributed by atoms with Crippen molar-refractivity contribution in [3.8, 4) is 0 Å². The van der Waals surface area contributed by atoms with Crippen LogP contribution in [0.4, 0.5) is 0 Å². The van der Waals surface area contributed by atoms with Crippen molar-refractivity contribution in [2.45, 2.75) is 84.1 Å². The van der Waals surface area contributed by atoms with Crippen molar-refractivity contribution in [1.29, 1.82) is 0 Å². The summed E-state index contributed by atoms with van der Waals surface area (Å²) < 4.78 is 0. The summed E-state index contributed by atoms with van der Waals surface area (Å²) in [7, 11) is 0. The normalized spacial score (nSPS) is 31.3. The van der Waals surface area contributed by atoms with Gasteiger partial charge in [-0.05, 0) is 50.6 Å². The quantitative estimate of drug-likeness (QED) is 0.613. The van der Waals surface area contributed by atoms with Gasteiger partial charge < -0.3 is 0 Å². The summed E-state index contributed by atoms with van der Waals surface area (Å²) in [5.74, 6) is 1.91. The molecule has 0 aromatic rings. The van der Waals surface area contributed by atoms with Gasteiger partial charge >= 0.3 is 0 Å². The molecule has 1 saturated heterocycles. The highest BCUT2D eigenvalue weighted by atomic mass is 16.1. The van der Waals surface area contributed by atoms with Gasteiger partial charge in [0.05, 0.1) is 6.04 Å². The fourth-order valence-electron chi connectivity index (χ4n) is 4.41. The molecule has 0 N–H and O–H groups in total. The Balaban J connectivity index is 1.96. The molecule has 116 valence electrons. The fraction of sp³-hybridized carbons (Fsp3) is 0.944. The van der Waals surface area contributed by atoms with Crippen molar-refractivity contribution in [3.05, 3.63) is 0 Å². The number of ketones is 1. The van der Waals surface area contributed by atoms with E-state index in [4.69, 9.17) is 0 Å². The molecule has 0 radical (unpaired) electrons. The highest BCUT2D eigenvalue weighted by Gasteiger charge is 2.44. The maximum Gasteiger partial charge on any atom is 0.150 e. The van der Waals surface area contributed by atoms with E-state index in [0.717, 1.165) is 6.42 Å². The minimum atomic E-state index is 0.288. The number of likely N-dealkylation sites (tertiary alicyclic amines) is 1. The van der Waals surface area contributed by atoms with Crippen LogP contribution in [0.1, 0.15) is 78.1 Å². The molecule has 0 spiro atoms. The van der Waals surface area contributed by atoms with Gasteiger partial charge in [0.1, 0.15) is 0 Å². The SMILES string of the molecule is CCCCCC[C@H]1[C@@H](CCC)CC(=O)[C@H]1N1CCCC1. The Hall–Kier alpha value is -0.370. The Morgan fingerprint density at radius 3 is 2.40 bits per heavy atom. The van der Waals surface area contributed by atoms with E-state index in [1.54, 1.807) is 0 Å². The third-order valence-corrected chi connectivity index (χ3v) is 5.39. The molecule has 2 aliphatic rings. The predicted octanol–water partition coefficient (Wildman–Crippen LogP) is 4.43. The third-order valence-electron chi connectivity index (χ3n) is 5.39. The standard InChI is InChI=1S/C18H33NO/c1-3-5-6-7-11-16-15(10-4-2)14-17(20)18(16)19-12-8-9-13-19/h15-16,18H,3-14H2,1-2H3/t15-,16-,18-/m0/s1. The van der Waals surface area contributed by atoms with Crippen LogP contribution in [-0.2, 0) is 4.79 Å². The predicted molar refractivity (Wildman–Crippen MR) is 84.9 cm³/mol. The Labute approximate surface area is 125 Å². The number of carbonyl (C=O) groups excluding carboxylic acids is 1. The zero-order chi connectivity index (χ0) is 14.4. The lowest BCUT2D eigenvalue weighted by molar-refractivity contribution is -0.122. The van der Waals surface area contributed by atoms with Crippen LogP contribution in [-0.4, -0.2) is 29.8 Å². The monoisotopic (exact) mass is 279 g/mol. The Morgan fingerprint density at radius 2 is 1.75 bits per heavy atom. The van der Waals surface area contributed by atoms with Gasteiger partial charge in [-0.1, -0.05) is 46.0 Å². The van der Waals surface area contributed by atoms with Crippen molar-refractivity contribution in [2.75, 3.05) is 13.1 Å². The molecule has 1 aliphatic heterocycles. The van der Waals surface area contributed by atoms with Crippen LogP contribution in [0.5, 0.6) is 0 Å². The molecule has 1 heterocycles. The maximum absolute atomic E-state index is 12.5. The second kappa shape index (κ2) is 8.17. The molecule has 1 aliphatic carbocycles. The van der Waals surface area contributed by atoms with Gasteiger partial charge in [0, 0.05) is 6.42 Å². The first kappa shape index (κ1) is 16.0. The molecule has 2 heteroatoms. The van der Waals surface area contributed by atoms with Gasteiger partial charge in [-0.2, -0.15) is 0 Å². The van der Waals surface area contributed by atoms with Gasteiger partial charge in [-0.15, -0.1) is 0 Å². The topological polar surface area (TPSA) is 20.3 Å². The number of nitrogens with zero attached hydrogens (tertiary/aromatic N) is 1. The van der Waals surface area contributed by atoms with Gasteiger partial charge in [0.15, 0.2) is 5.78 Å². The van der Waals surface area contributed by atoms with E-state index in [9.17, 15) is 4.79 Å². The van der Waals surface area contributed by atoms with Gasteiger partial charge in [-0.25, -0.2) is 0 Å². The minimum absolute atomic E-state index is 0.288. The van der Waals surface area contributed by atoms with Crippen molar-refractivity contribution in [3.63, 3.8) is 0 Å². The highest BCUT2D eigenvalue weighted by molar-refractivity contribution is 5.87. The van der Waals surface area contributed by atoms with Crippen LogP contribution in [0.15, 0.2) is 0 Å². The molecule has 2 fully saturated rings. The first-order valence-electron chi connectivity index (χ1n) is 9.04. The summed E-state index contributed by atoms with van der Waals surface area (Å²) in [6.45, 7) is 6.87. The molecule has 0 unspecified atom stereocenters. The lowest BCUT2D eigenvalue weighted by Gasteiger charge is -2.30. The molecule has 0 bridgehead atoms. The van der Waals surface area contributed by atoms with Crippen molar-refractivity contribution >= 4 is 5.78 Å². The maximum atomic E-state index is 12.5. The number of hydrogen-bond acceptors (Lipinski definition) is 2. The van der Waals surface area contributed by atoms with E-state index in [2.05, 4.69) is 18.7 Å². The lowest BCUT2D eigenvalue weighted by Crippen LogP contribution is -2.41. The summed E-state index contributed by atoms with van der Waals surface area (Å²) in [5.41, 5.74) is 0. The largest absolute Gasteiger partial charge is 0.298 e. The molecule has 0 aromatic carbocycles. The van der Waals surface area contributed by atoms with E-state index in [0.29, 0.717) is 17.6 Å². The Morgan fingerprint density at radius 1 is 1.00 bits per heavy atom. The Bertz CT molecular complexity index is 296. The first-order chi connectivity index (χ1) is 9.77. The molecule has 0 amide bonds. The zero-order valence-electron chi connectivity index (χ0n) is 13.6. The second-order valence-corrected chi connectivity index (χ2v) is 6.92. The number of carbonyl (C=O) groups is 1. The number of unbranched alkanes of at least 4 members (excludes halogenated alkanes) is 3. The molecule has 20 heavy (non-hydrogen) atoms. The van der Waals surface area contributed by atoms with E-state index in [1.807, 2.05) is 0 Å². The third kappa shape index (κ3) is 3.84. The van der Waals surface area contributed by atoms with Crippen molar-refractivity contribution in [1.82, 2.24) is 4.90 Å². The van der Waals surface area contributed by atoms with E-state index < -0.39 is 0 Å². The van der Waals surface area contributed by atoms with Crippen LogP contribution >= 0.6 is 0 Å². The highest BCUT2D eigenvalue weighted by Crippen LogP contribution is 2.40. The van der Waals surface area contributed by atoms with Crippen LogP contribution in [0, 0.1) is 11.8 Å². The van der Waals surface area contributed by atoms with E-state index in [-0.39, 0.29) is 6.04 Å². The Kier molecular flexibility index (Phi) is 6.54. The van der Waals surface area contributed by atoms with Crippen LogP contribution < -0.4 is 0 Å². The lowest BCUT2D eigenvalue weighted by atomic mass is 9.85. The summed E-state index contributed by atoms with van der Waals surface area (Å²) in [4.78, 5) is 15.0. The molecular formula is C18H33NO. The van der Waals surface area contributed by atoms with Crippen LogP contribution in [0.3, 0.4) is 0 Å². The van der Waals surface area contributed by atoms with Crippen molar-refractivity contribution < 1.29 is 4.79 Å². The zero-order valence-corrected chi connectivity index (χ0v) is 13.6. The minimum Gasteiger partial charge on any atom is -0.298 e. The number of hydrogen-bond donors (Lipinski definition) is 0. The average Bonchev–Trinajstić information content (AvgIpc) is 3.04. The second-order valence-electron chi connectivity index (χ2n) is 6.92. The first-order valence-corrected chi connectivity index (χ1v) is 9.04.